The first-order valence-electron chi connectivity index (χ1n) is 30.0. The van der Waals surface area contributed by atoms with Crippen molar-refractivity contribution in [3.05, 3.63) is 213 Å². The van der Waals surface area contributed by atoms with Crippen molar-refractivity contribution in [2.75, 3.05) is 0 Å². The molecule has 4 aromatic carbocycles. The summed E-state index contributed by atoms with van der Waals surface area (Å²) in [4.78, 5) is 0. The maximum atomic E-state index is 7.98. The van der Waals surface area contributed by atoms with Gasteiger partial charge in [0.15, 0.2) is 24.8 Å². The van der Waals surface area contributed by atoms with Gasteiger partial charge in [-0.15, -0.1) is 0 Å². The Morgan fingerprint density at radius 2 is 0.636 bits per heavy atom. The molecule has 4 aromatic heterocycles. The van der Waals surface area contributed by atoms with Crippen LogP contribution in [0.2, 0.25) is 0 Å². The van der Waals surface area contributed by atoms with Gasteiger partial charge in [-0.25, -0.2) is 18.3 Å². The molecule has 0 fully saturated rings. The van der Waals surface area contributed by atoms with Crippen LogP contribution in [0.25, 0.3) is 45.0 Å². The van der Waals surface area contributed by atoms with E-state index in [9.17, 15) is 0 Å². The molecule has 0 saturated heterocycles. The summed E-state index contributed by atoms with van der Waals surface area (Å²) in [5.74, 6) is 0. The molecule has 0 bridgehead atoms. The summed E-state index contributed by atoms with van der Waals surface area (Å²) in [5, 5.41) is 0. The predicted octanol–water partition coefficient (Wildman–Crippen LogP) is 12.9. The number of nitrogens with zero attached hydrogens (tertiary/aromatic N) is 4. The molecule has 340 valence electrons. The third-order valence-electron chi connectivity index (χ3n) is 11.7. The summed E-state index contributed by atoms with van der Waals surface area (Å²) in [6.45, 7) is 5.52. The smallest absolute Gasteiger partial charge is 0.201 e. The van der Waals surface area contributed by atoms with E-state index in [-0.39, 0.29) is 22.3 Å². The first kappa shape index (κ1) is 32.2. The van der Waals surface area contributed by atoms with Gasteiger partial charge in [0, 0.05) is 90.7 Å². The van der Waals surface area contributed by atoms with Gasteiger partial charge in [0.05, 0.1) is 0 Å². The van der Waals surface area contributed by atoms with Gasteiger partial charge in [-0.05, 0) is 150 Å². The standard InChI is InChI=1S/2C16H20N.2C15H18N/c1-5-14-10-16(17(4)11-13(14)3)15-9-7-6-8-12(15)2;1-5-14-11-17(4)16(10-13(14)3)15-9-7-6-8-12(15)2;2*1-11-7-5-6-8-14(11)15-9-12(2)13(3)10-16(15)4/h2*6-11H,5H2,1-4H3;2*5-10H,1-4H3/q4*+1/i3D3,5D2;5D2;2D3,3D3;3D3. The number of rotatable bonds is 6. The second kappa shape index (κ2) is 23.1. The van der Waals surface area contributed by atoms with Crippen molar-refractivity contribution in [2.45, 2.75) is 95.5 Å². The number of hydrogen-bond donors (Lipinski definition) is 0. The zero-order chi connectivity index (χ0) is 61.8. The number of pyridine rings is 4. The quantitative estimate of drug-likeness (QED) is 0.148. The summed E-state index contributed by atoms with van der Waals surface area (Å²) in [7, 11) is 7.36. The van der Waals surface area contributed by atoms with Gasteiger partial charge in [0.25, 0.3) is 0 Å². The van der Waals surface area contributed by atoms with Crippen molar-refractivity contribution in [1.82, 2.24) is 0 Å². The highest BCUT2D eigenvalue weighted by Crippen LogP contribution is 2.25. The van der Waals surface area contributed by atoms with E-state index in [2.05, 4.69) is 44.2 Å². The molecule has 0 radical (unpaired) electrons. The molecular formula is C62H76N4+4. The molecule has 4 nitrogen and oxygen atoms in total. The highest BCUT2D eigenvalue weighted by atomic mass is 14.9. The van der Waals surface area contributed by atoms with Crippen LogP contribution < -0.4 is 18.3 Å². The Labute approximate surface area is 421 Å². The molecule has 4 heterocycles. The fourth-order valence-corrected chi connectivity index (χ4v) is 7.78. The third kappa shape index (κ3) is 12.4. The van der Waals surface area contributed by atoms with Gasteiger partial charge in [-0.1, -0.05) is 86.6 Å². The normalized spacial score (nSPS) is 15.3. The Kier molecular flexibility index (Phi) is 11.3. The molecule has 0 atom stereocenters. The van der Waals surface area contributed by atoms with Crippen LogP contribution in [0, 0.1) is 68.9 Å². The maximum absolute atomic E-state index is 7.98. The lowest BCUT2D eigenvalue weighted by atomic mass is 10.0. The summed E-state index contributed by atoms with van der Waals surface area (Å²) in [6.07, 6.45) is 3.49. The maximum Gasteiger partial charge on any atom is 0.212 e. The Bertz CT molecular complexity index is 3330. The molecule has 0 aliphatic heterocycles. The first-order valence-corrected chi connectivity index (χ1v) is 22.0. The van der Waals surface area contributed by atoms with Gasteiger partial charge in [-0.2, -0.15) is 0 Å². The highest BCUT2D eigenvalue weighted by molar-refractivity contribution is 5.64. The van der Waals surface area contributed by atoms with Crippen molar-refractivity contribution in [3.8, 4) is 45.0 Å². The van der Waals surface area contributed by atoms with Crippen LogP contribution >= 0.6 is 0 Å². The van der Waals surface area contributed by atoms with Crippen molar-refractivity contribution in [1.29, 1.82) is 0 Å². The third-order valence-corrected chi connectivity index (χ3v) is 11.7. The lowest BCUT2D eigenvalue weighted by Gasteiger charge is -2.07. The molecule has 8 aromatic rings. The van der Waals surface area contributed by atoms with Crippen LogP contribution in [0.3, 0.4) is 0 Å². The van der Waals surface area contributed by atoms with Gasteiger partial charge in [-0.3, -0.25) is 0 Å². The fourth-order valence-electron chi connectivity index (χ4n) is 7.78. The molecule has 0 aliphatic carbocycles. The van der Waals surface area contributed by atoms with E-state index in [1.54, 1.807) is 42.4 Å². The number of aromatic nitrogens is 4. The minimum absolute atomic E-state index is 0.0554. The average Bonchev–Trinajstić information content (AvgIpc) is 3.55. The summed E-state index contributed by atoms with van der Waals surface area (Å²) >= 11 is 0. The Hall–Kier alpha value is -6.52. The van der Waals surface area contributed by atoms with Crippen molar-refractivity contribution >= 4 is 0 Å². The summed E-state index contributed by atoms with van der Waals surface area (Å²) in [5.41, 5.74) is 15.2. The van der Waals surface area contributed by atoms with Crippen molar-refractivity contribution in [2.24, 2.45) is 28.2 Å². The molecule has 0 spiro atoms. The Morgan fingerprint density at radius 3 is 1.00 bits per heavy atom. The monoisotopic (exact) mass is 893 g/mol. The topological polar surface area (TPSA) is 15.5 Å². The second-order valence-corrected chi connectivity index (χ2v) is 16.7. The zero-order valence-corrected chi connectivity index (χ0v) is 40.6. The van der Waals surface area contributed by atoms with E-state index >= 15 is 0 Å². The van der Waals surface area contributed by atoms with E-state index < -0.39 is 40.2 Å². The molecule has 0 amide bonds. The van der Waals surface area contributed by atoms with Crippen LogP contribution in [0.1, 0.15) is 103 Å². The zero-order valence-electron chi connectivity index (χ0n) is 56.6. The number of hydrogen-bond acceptors (Lipinski definition) is 0. The summed E-state index contributed by atoms with van der Waals surface area (Å²) < 4.78 is 130. The van der Waals surface area contributed by atoms with Gasteiger partial charge < -0.3 is 0 Å². The van der Waals surface area contributed by atoms with Crippen LogP contribution in [-0.2, 0) is 40.9 Å². The van der Waals surface area contributed by atoms with Crippen molar-refractivity contribution in [3.63, 3.8) is 0 Å². The van der Waals surface area contributed by atoms with E-state index in [4.69, 9.17) is 21.9 Å². The fraction of sp³-hybridized carbons (Fsp3) is 0.290. The molecule has 0 unspecified atom stereocenters. The first-order chi connectivity index (χ1) is 37.6. The molecule has 4 heteroatoms. The van der Waals surface area contributed by atoms with Gasteiger partial charge in [0.2, 0.25) is 22.8 Å². The molecule has 0 saturated carbocycles. The SMILES string of the molecule is [2H]C([2H])(C)c1c[n+](C)c(-c2ccccc2C)cc1C.[2H]C([2H])([2H])c1c[n+](C)c(-c2ccccc2C)cc1C.[2H]C([2H])([2H])c1c[n+](C)c(-c2ccccc2C)cc1C([2H])([2H])C.[2H]C([2H])([2H])c1cc(-c2ccccc2C)[n+](C)cc1C([2H])([2H])[2H]. The molecule has 8 rings (SSSR count). The van der Waals surface area contributed by atoms with E-state index in [1.807, 2.05) is 136 Å². The molecule has 0 aliphatic rings. The largest absolute Gasteiger partial charge is 0.212 e. The van der Waals surface area contributed by atoms with Crippen LogP contribution in [0.4, 0.5) is 0 Å². The molecule has 66 heavy (non-hydrogen) atoms. The van der Waals surface area contributed by atoms with E-state index in [0.717, 1.165) is 61.6 Å². The second-order valence-electron chi connectivity index (χ2n) is 16.7. The highest BCUT2D eigenvalue weighted by Gasteiger charge is 2.17. The van der Waals surface area contributed by atoms with Gasteiger partial charge in [0.1, 0.15) is 28.2 Å². The van der Waals surface area contributed by atoms with Gasteiger partial charge >= 0.3 is 0 Å². The predicted molar refractivity (Wildman–Crippen MR) is 278 cm³/mol. The Morgan fingerprint density at radius 1 is 0.333 bits per heavy atom. The Balaban J connectivity index is 0.000000201. The summed E-state index contributed by atoms with van der Waals surface area (Å²) in [6, 6.07) is 38.9. The van der Waals surface area contributed by atoms with Crippen LogP contribution in [0.5, 0.6) is 0 Å². The number of aryl methyl sites for hydroxylation is 16. The van der Waals surface area contributed by atoms with E-state index in [1.165, 1.54) is 42.1 Å². The molecular weight excluding hydrogens is 801 g/mol. The number of benzene rings is 4. The van der Waals surface area contributed by atoms with Crippen molar-refractivity contribution < 1.29 is 40.2 Å². The minimum Gasteiger partial charge on any atom is -0.201 e. The van der Waals surface area contributed by atoms with E-state index in [0.29, 0.717) is 11.3 Å². The lowest BCUT2D eigenvalue weighted by molar-refractivity contribution is -0.661. The van der Waals surface area contributed by atoms with Crippen LogP contribution in [-0.4, -0.2) is 0 Å². The average molecular weight is 893 g/mol. The van der Waals surface area contributed by atoms with Crippen LogP contribution in [0.15, 0.2) is 146 Å². The molecule has 0 N–H and O–H groups in total. The lowest BCUT2D eigenvalue weighted by Crippen LogP contribution is -2.32. The minimum atomic E-state index is -2.48.